The molecule has 1 heterocycles. The fourth-order valence-electron chi connectivity index (χ4n) is 2.25. The van der Waals surface area contributed by atoms with Gasteiger partial charge in [-0.2, -0.15) is 15.8 Å². The summed E-state index contributed by atoms with van der Waals surface area (Å²) >= 11 is 0. The van der Waals surface area contributed by atoms with Crippen molar-refractivity contribution in [2.24, 2.45) is 0 Å². The third-order valence-corrected chi connectivity index (χ3v) is 3.66. The highest BCUT2D eigenvalue weighted by atomic mass is 19.2. The van der Waals surface area contributed by atoms with Gasteiger partial charge in [0.15, 0.2) is 28.6 Å². The molecule has 2 rings (SSSR count). The number of nitriles is 3. The minimum atomic E-state index is -1.26. The number of allylic oxidation sites excluding steroid dienone is 2. The molecule has 0 N–H and O–H groups in total. The van der Waals surface area contributed by atoms with Gasteiger partial charge in [0.1, 0.15) is 18.2 Å². The van der Waals surface area contributed by atoms with E-state index in [0.29, 0.717) is 5.57 Å². The smallest absolute Gasteiger partial charge is 0.172 e. The van der Waals surface area contributed by atoms with Crippen LogP contribution in [0.4, 0.5) is 8.78 Å². The van der Waals surface area contributed by atoms with E-state index in [0.717, 1.165) is 12.1 Å². The Kier molecular flexibility index (Phi) is 3.68. The van der Waals surface area contributed by atoms with Gasteiger partial charge < -0.3 is 4.74 Å². The molecule has 22 heavy (non-hydrogen) atoms. The van der Waals surface area contributed by atoms with Crippen LogP contribution in [0.2, 0.25) is 0 Å². The number of hydrogen-bond acceptors (Lipinski definition) is 4. The molecule has 0 radical (unpaired) electrons. The molecule has 0 spiro atoms. The van der Waals surface area contributed by atoms with Gasteiger partial charge in [0, 0.05) is 5.56 Å². The first-order valence-corrected chi connectivity index (χ1v) is 6.20. The Hall–Kier alpha value is -3.17. The summed E-state index contributed by atoms with van der Waals surface area (Å²) in [5.41, 5.74) is -0.859. The van der Waals surface area contributed by atoms with E-state index in [2.05, 4.69) is 0 Å². The predicted octanol–water partition coefficient (Wildman–Crippen LogP) is 3.35. The second-order valence-electron chi connectivity index (χ2n) is 4.80. The topological polar surface area (TPSA) is 80.6 Å². The van der Waals surface area contributed by atoms with Gasteiger partial charge in [-0.1, -0.05) is 6.07 Å². The zero-order valence-electron chi connectivity index (χ0n) is 11.7. The maximum atomic E-state index is 13.5. The van der Waals surface area contributed by atoms with Crippen molar-refractivity contribution in [1.82, 2.24) is 0 Å². The van der Waals surface area contributed by atoms with Gasteiger partial charge in [-0.3, -0.25) is 0 Å². The molecule has 0 saturated carbocycles. The van der Waals surface area contributed by atoms with Gasteiger partial charge in [0.25, 0.3) is 0 Å². The van der Waals surface area contributed by atoms with E-state index in [1.165, 1.54) is 6.07 Å². The SMILES string of the molecule is CC1=C(C#N)C(=C(C#N)C#N)OC1(C)c1ccc(F)c(F)c1. The lowest BCUT2D eigenvalue weighted by atomic mass is 9.87. The van der Waals surface area contributed by atoms with E-state index in [-0.39, 0.29) is 22.5 Å². The largest absolute Gasteiger partial charge is 0.475 e. The van der Waals surface area contributed by atoms with E-state index in [9.17, 15) is 14.0 Å². The predicted molar refractivity (Wildman–Crippen MR) is 71.4 cm³/mol. The van der Waals surface area contributed by atoms with Crippen molar-refractivity contribution in [3.05, 3.63) is 57.9 Å². The lowest BCUT2D eigenvalue weighted by Crippen LogP contribution is -2.23. The van der Waals surface area contributed by atoms with Crippen LogP contribution in [0.3, 0.4) is 0 Å². The third kappa shape index (κ3) is 2.10. The van der Waals surface area contributed by atoms with E-state index < -0.39 is 17.2 Å². The molecule has 0 aliphatic carbocycles. The molecule has 0 fully saturated rings. The number of benzene rings is 1. The average molecular weight is 297 g/mol. The van der Waals surface area contributed by atoms with Crippen molar-refractivity contribution in [1.29, 1.82) is 15.8 Å². The van der Waals surface area contributed by atoms with Crippen molar-refractivity contribution >= 4 is 0 Å². The minimum absolute atomic E-state index is 0.0466. The van der Waals surface area contributed by atoms with E-state index >= 15 is 0 Å². The van der Waals surface area contributed by atoms with Crippen molar-refractivity contribution in [3.63, 3.8) is 0 Å². The van der Waals surface area contributed by atoms with Gasteiger partial charge in [-0.15, -0.1) is 0 Å². The molecular formula is C16H9F2N3O. The molecule has 1 unspecified atom stereocenters. The summed E-state index contributed by atoms with van der Waals surface area (Å²) in [5.74, 6) is -2.19. The Morgan fingerprint density at radius 1 is 1.14 bits per heavy atom. The highest BCUT2D eigenvalue weighted by molar-refractivity contribution is 5.58. The molecule has 0 saturated heterocycles. The van der Waals surface area contributed by atoms with Crippen LogP contribution in [-0.4, -0.2) is 0 Å². The van der Waals surface area contributed by atoms with Crippen LogP contribution in [0.15, 0.2) is 40.7 Å². The highest BCUT2D eigenvalue weighted by Crippen LogP contribution is 2.46. The number of nitrogens with zero attached hydrogens (tertiary/aromatic N) is 3. The van der Waals surface area contributed by atoms with Crippen LogP contribution in [0.25, 0.3) is 0 Å². The fraction of sp³-hybridized carbons (Fsp3) is 0.188. The first kappa shape index (κ1) is 15.2. The van der Waals surface area contributed by atoms with Crippen LogP contribution >= 0.6 is 0 Å². The van der Waals surface area contributed by atoms with Crippen LogP contribution in [0.5, 0.6) is 0 Å². The molecular weight excluding hydrogens is 288 g/mol. The van der Waals surface area contributed by atoms with Gasteiger partial charge >= 0.3 is 0 Å². The molecule has 4 nitrogen and oxygen atoms in total. The summed E-state index contributed by atoms with van der Waals surface area (Å²) in [5, 5.41) is 27.2. The molecule has 1 aliphatic rings. The summed E-state index contributed by atoms with van der Waals surface area (Å²) in [6, 6.07) is 8.47. The summed E-state index contributed by atoms with van der Waals surface area (Å²) < 4.78 is 32.2. The van der Waals surface area contributed by atoms with Crippen LogP contribution in [0.1, 0.15) is 19.4 Å². The number of rotatable bonds is 1. The zero-order chi connectivity index (χ0) is 16.5. The summed E-state index contributed by atoms with van der Waals surface area (Å²) in [6.07, 6.45) is 0. The molecule has 1 atom stereocenters. The van der Waals surface area contributed by atoms with Crippen LogP contribution in [-0.2, 0) is 10.3 Å². The Balaban J connectivity index is 2.69. The Morgan fingerprint density at radius 3 is 2.27 bits per heavy atom. The highest BCUT2D eigenvalue weighted by Gasteiger charge is 2.42. The quantitative estimate of drug-likeness (QED) is 0.744. The van der Waals surface area contributed by atoms with Gasteiger partial charge in [0.2, 0.25) is 0 Å². The lowest BCUT2D eigenvalue weighted by molar-refractivity contribution is 0.0724. The summed E-state index contributed by atoms with van der Waals surface area (Å²) in [7, 11) is 0. The van der Waals surface area contributed by atoms with Gasteiger partial charge in [-0.05, 0) is 31.6 Å². The van der Waals surface area contributed by atoms with Crippen molar-refractivity contribution < 1.29 is 13.5 Å². The van der Waals surface area contributed by atoms with Crippen LogP contribution < -0.4 is 0 Å². The van der Waals surface area contributed by atoms with E-state index in [4.69, 9.17) is 15.3 Å². The number of hydrogen-bond donors (Lipinski definition) is 0. The zero-order valence-corrected chi connectivity index (χ0v) is 11.7. The molecule has 0 amide bonds. The maximum Gasteiger partial charge on any atom is 0.172 e. The average Bonchev–Trinajstić information content (AvgIpc) is 2.76. The second kappa shape index (κ2) is 5.31. The van der Waals surface area contributed by atoms with Crippen molar-refractivity contribution in [2.75, 3.05) is 0 Å². The molecule has 1 aromatic carbocycles. The fourth-order valence-corrected chi connectivity index (χ4v) is 2.25. The standard InChI is InChI=1S/C16H9F2N3O/c1-9-12(8-21)15(10(6-19)7-20)22-16(9,2)11-3-4-13(17)14(18)5-11/h3-5H,1-2H3. The lowest BCUT2D eigenvalue weighted by Gasteiger charge is -2.26. The molecule has 1 aliphatic heterocycles. The Labute approximate surface area is 125 Å². The van der Waals surface area contributed by atoms with E-state index in [1.807, 2.05) is 6.07 Å². The number of halogens is 2. The minimum Gasteiger partial charge on any atom is -0.475 e. The first-order valence-electron chi connectivity index (χ1n) is 6.20. The molecule has 6 heteroatoms. The summed E-state index contributed by atoms with van der Waals surface area (Å²) in [6.45, 7) is 3.14. The molecule has 1 aromatic rings. The molecule has 0 aromatic heterocycles. The third-order valence-electron chi connectivity index (χ3n) is 3.66. The molecule has 0 bridgehead atoms. The molecule has 108 valence electrons. The van der Waals surface area contributed by atoms with Crippen LogP contribution in [0, 0.1) is 45.6 Å². The maximum absolute atomic E-state index is 13.5. The Morgan fingerprint density at radius 2 is 1.77 bits per heavy atom. The van der Waals surface area contributed by atoms with Crippen molar-refractivity contribution in [3.8, 4) is 18.2 Å². The van der Waals surface area contributed by atoms with Crippen molar-refractivity contribution in [2.45, 2.75) is 19.4 Å². The normalized spacial score (nSPS) is 20.0. The number of ether oxygens (including phenoxy) is 1. The second-order valence-corrected chi connectivity index (χ2v) is 4.80. The monoisotopic (exact) mass is 297 g/mol. The first-order chi connectivity index (χ1) is 10.4. The Bertz CT molecular complexity index is 834. The van der Waals surface area contributed by atoms with E-state index in [1.54, 1.807) is 26.0 Å². The van der Waals surface area contributed by atoms with Gasteiger partial charge in [0.05, 0.1) is 5.57 Å². The van der Waals surface area contributed by atoms with Gasteiger partial charge in [-0.25, -0.2) is 8.78 Å². The summed E-state index contributed by atoms with van der Waals surface area (Å²) in [4.78, 5) is 0.